The highest BCUT2D eigenvalue weighted by atomic mass is 32.2. The van der Waals surface area contributed by atoms with Gasteiger partial charge in [0, 0.05) is 11.7 Å². The molecule has 0 radical (unpaired) electrons. The van der Waals surface area contributed by atoms with Gasteiger partial charge in [0.05, 0.1) is 0 Å². The Kier molecular flexibility index (Phi) is 11.6. The van der Waals surface area contributed by atoms with Gasteiger partial charge in [0.15, 0.2) is 0 Å². The molecule has 0 bridgehead atoms. The fraction of sp³-hybridized carbons (Fsp3) is 0.850. The van der Waals surface area contributed by atoms with Crippen LogP contribution < -0.4 is 0 Å². The van der Waals surface area contributed by atoms with Gasteiger partial charge in [0.1, 0.15) is 0 Å². The molecule has 0 N–H and O–H groups in total. The molecule has 0 rings (SSSR count). The zero-order valence-corrected chi connectivity index (χ0v) is 20.0. The van der Waals surface area contributed by atoms with Crippen LogP contribution in [0.5, 0.6) is 0 Å². The summed E-state index contributed by atoms with van der Waals surface area (Å²) < 4.78 is 226. The largest absolute Gasteiger partial charge is 0.460 e. The van der Waals surface area contributed by atoms with Crippen LogP contribution in [0.4, 0.5) is 74.6 Å². The molecule has 0 nitrogen and oxygen atoms in total. The van der Waals surface area contributed by atoms with E-state index in [1.165, 1.54) is 6.08 Å². The minimum Gasteiger partial charge on any atom is -0.200 e. The lowest BCUT2D eigenvalue weighted by atomic mass is 9.88. The van der Waals surface area contributed by atoms with Crippen molar-refractivity contribution in [2.75, 3.05) is 5.75 Å². The van der Waals surface area contributed by atoms with Gasteiger partial charge in [-0.1, -0.05) is 19.9 Å². The van der Waals surface area contributed by atoms with Crippen molar-refractivity contribution in [3.63, 3.8) is 0 Å². The van der Waals surface area contributed by atoms with Crippen LogP contribution in [-0.4, -0.2) is 58.6 Å². The summed E-state index contributed by atoms with van der Waals surface area (Å²) in [6, 6.07) is 0. The van der Waals surface area contributed by atoms with E-state index < -0.39 is 65.1 Å². The van der Waals surface area contributed by atoms with Crippen LogP contribution in [0.1, 0.15) is 45.4 Å². The third kappa shape index (κ3) is 6.52. The summed E-state index contributed by atoms with van der Waals surface area (Å²) in [6.45, 7) is 4.90. The second kappa shape index (κ2) is 12.0. The van der Waals surface area contributed by atoms with Crippen molar-refractivity contribution in [3.05, 3.63) is 18.4 Å². The molecule has 0 aliphatic rings. The molecule has 0 heterocycles. The number of hydrogen-bond acceptors (Lipinski definition) is 1. The molecule has 0 aliphatic heterocycles. The van der Waals surface area contributed by atoms with Crippen molar-refractivity contribution >= 4 is 11.8 Å². The Morgan fingerprint density at radius 2 is 1.08 bits per heavy atom. The van der Waals surface area contributed by atoms with Crippen LogP contribution in [0.3, 0.4) is 0 Å². The second-order valence-corrected chi connectivity index (χ2v) is 9.43. The molecule has 0 saturated heterocycles. The van der Waals surface area contributed by atoms with E-state index >= 15 is 0 Å². The van der Waals surface area contributed by atoms with Crippen molar-refractivity contribution in [2.45, 2.75) is 98.3 Å². The van der Waals surface area contributed by atoms with Crippen LogP contribution in [0.15, 0.2) is 18.4 Å². The lowest BCUT2D eigenvalue weighted by Crippen LogP contribution is -2.74. The lowest BCUT2D eigenvalue weighted by Gasteiger charge is -2.42. The van der Waals surface area contributed by atoms with E-state index in [1.807, 2.05) is 0 Å². The predicted molar refractivity (Wildman–Crippen MR) is 104 cm³/mol. The Hall–Kier alpha value is -1.32. The maximum atomic E-state index is 14.0. The summed E-state index contributed by atoms with van der Waals surface area (Å²) in [5.74, 6) is -57.1. The minimum absolute atomic E-state index is 0.265. The van der Waals surface area contributed by atoms with Gasteiger partial charge in [-0.3, -0.25) is 0 Å². The smallest absolute Gasteiger partial charge is 0.200 e. The zero-order chi connectivity index (χ0) is 30.6. The molecule has 1 unspecified atom stereocenters. The van der Waals surface area contributed by atoms with E-state index in [0.717, 1.165) is 0 Å². The van der Waals surface area contributed by atoms with Crippen molar-refractivity contribution in [1.82, 2.24) is 0 Å². The quantitative estimate of drug-likeness (QED) is 0.0946. The molecule has 0 aromatic carbocycles. The third-order valence-corrected chi connectivity index (χ3v) is 6.57. The van der Waals surface area contributed by atoms with E-state index in [9.17, 15) is 74.6 Å². The SMILES string of the molecule is C=C=CCCCC(CCC)SCCC(F)(F)C(F)(F)C(F)(F)C(F)(F)C(F)(F)C(F)(F)C(F)(F)C(F)(F)F. The molecule has 0 aromatic rings. The molecule has 0 spiro atoms. The van der Waals surface area contributed by atoms with Crippen LogP contribution >= 0.6 is 11.8 Å². The van der Waals surface area contributed by atoms with Crippen LogP contribution in [0.25, 0.3) is 0 Å². The van der Waals surface area contributed by atoms with Crippen LogP contribution in [0, 0.1) is 0 Å². The minimum atomic E-state index is -8.59. The van der Waals surface area contributed by atoms with Crippen LogP contribution in [-0.2, 0) is 0 Å². The molecule has 0 aromatic heterocycles. The Labute approximate surface area is 209 Å². The van der Waals surface area contributed by atoms with Gasteiger partial charge < -0.3 is 0 Å². The van der Waals surface area contributed by atoms with E-state index in [4.69, 9.17) is 0 Å². The topological polar surface area (TPSA) is 0 Å². The first-order valence-corrected chi connectivity index (χ1v) is 11.5. The highest BCUT2D eigenvalue weighted by Gasteiger charge is 2.95. The first-order chi connectivity index (χ1) is 16.7. The Balaban J connectivity index is 6.05. The Morgan fingerprint density at radius 3 is 1.47 bits per heavy atom. The molecule has 226 valence electrons. The average molecular weight is 616 g/mol. The molecule has 0 saturated carbocycles. The number of hydrogen-bond donors (Lipinski definition) is 0. The molecule has 0 fully saturated rings. The van der Waals surface area contributed by atoms with Gasteiger partial charge in [-0.15, -0.1) is 5.73 Å². The Morgan fingerprint density at radius 1 is 0.658 bits per heavy atom. The number of alkyl halides is 17. The number of unbranched alkanes of at least 4 members (excludes halogenated alkanes) is 1. The van der Waals surface area contributed by atoms with Gasteiger partial charge in [-0.05, 0) is 37.5 Å². The summed E-state index contributed by atoms with van der Waals surface area (Å²) in [7, 11) is 0. The fourth-order valence-corrected chi connectivity index (χ4v) is 4.33. The second-order valence-electron chi connectivity index (χ2n) is 8.02. The molecule has 1 atom stereocenters. The zero-order valence-electron chi connectivity index (χ0n) is 19.1. The summed E-state index contributed by atoms with van der Waals surface area (Å²) in [4.78, 5) is 0. The maximum absolute atomic E-state index is 14.0. The van der Waals surface area contributed by atoms with Crippen molar-refractivity contribution in [2.24, 2.45) is 0 Å². The number of thioether (sulfide) groups is 1. The summed E-state index contributed by atoms with van der Waals surface area (Å²) in [5, 5.41) is -0.544. The monoisotopic (exact) mass is 616 g/mol. The summed E-state index contributed by atoms with van der Waals surface area (Å²) in [6.07, 6.45) is -6.87. The van der Waals surface area contributed by atoms with Crippen molar-refractivity contribution in [1.29, 1.82) is 0 Å². The number of rotatable bonds is 16. The number of halogens is 17. The standard InChI is InChI=1S/C20H21F17S/c1-3-5-6-7-9-12(8-4-2)38-11-10-13(21,22)14(23,24)15(25,26)16(27,28)17(29,30)18(31,32)19(33,34)20(35,36)37/h5,12H,1,4,6-11H2,2H3. The van der Waals surface area contributed by atoms with Gasteiger partial charge in [-0.2, -0.15) is 86.4 Å². The number of allylic oxidation sites excluding steroid dienone is 1. The highest BCUT2D eigenvalue weighted by molar-refractivity contribution is 7.99. The van der Waals surface area contributed by atoms with Crippen molar-refractivity contribution in [3.8, 4) is 0 Å². The van der Waals surface area contributed by atoms with Gasteiger partial charge in [0.25, 0.3) is 0 Å². The predicted octanol–water partition coefficient (Wildman–Crippen LogP) is 9.80. The molecular weight excluding hydrogens is 595 g/mol. The Bertz CT molecular complexity index is 809. The lowest BCUT2D eigenvalue weighted by molar-refractivity contribution is -0.461. The first-order valence-electron chi connectivity index (χ1n) is 10.4. The van der Waals surface area contributed by atoms with Gasteiger partial charge >= 0.3 is 47.6 Å². The molecular formula is C20H21F17S. The highest BCUT2D eigenvalue weighted by Crippen LogP contribution is 2.64. The third-order valence-electron chi connectivity index (χ3n) is 5.19. The summed E-state index contributed by atoms with van der Waals surface area (Å²) in [5.41, 5.74) is 2.42. The van der Waals surface area contributed by atoms with Crippen LogP contribution in [0.2, 0.25) is 0 Å². The van der Waals surface area contributed by atoms with E-state index in [1.54, 1.807) is 6.92 Å². The maximum Gasteiger partial charge on any atom is 0.460 e. The van der Waals surface area contributed by atoms with E-state index in [0.29, 0.717) is 31.0 Å². The normalized spacial score (nSPS) is 15.8. The summed E-state index contributed by atoms with van der Waals surface area (Å²) >= 11 is 0.493. The van der Waals surface area contributed by atoms with Gasteiger partial charge in [-0.25, -0.2) is 0 Å². The van der Waals surface area contributed by atoms with Gasteiger partial charge in [0.2, 0.25) is 0 Å². The molecule has 0 amide bonds. The molecule has 0 aliphatic carbocycles. The first kappa shape index (κ1) is 36.7. The average Bonchev–Trinajstić information content (AvgIpc) is 2.74. The fourth-order valence-electron chi connectivity index (χ4n) is 2.89. The van der Waals surface area contributed by atoms with E-state index in [-0.39, 0.29) is 12.8 Å². The van der Waals surface area contributed by atoms with Crippen molar-refractivity contribution < 1.29 is 74.6 Å². The van der Waals surface area contributed by atoms with E-state index in [2.05, 4.69) is 12.3 Å². The molecule has 18 heteroatoms. The molecule has 38 heavy (non-hydrogen) atoms.